The number of aryl methyl sites for hydroxylation is 1. The molecule has 0 unspecified atom stereocenters. The van der Waals surface area contributed by atoms with E-state index in [1.165, 1.54) is 18.2 Å². The molecule has 2 N–H and O–H groups in total. The van der Waals surface area contributed by atoms with E-state index >= 15 is 0 Å². The van der Waals surface area contributed by atoms with Gasteiger partial charge in [0.15, 0.2) is 5.82 Å². The summed E-state index contributed by atoms with van der Waals surface area (Å²) < 4.78 is 0. The van der Waals surface area contributed by atoms with E-state index in [0.29, 0.717) is 16.7 Å². The summed E-state index contributed by atoms with van der Waals surface area (Å²) in [6.07, 6.45) is 0. The molecule has 1 heterocycles. The third kappa shape index (κ3) is 4.83. The van der Waals surface area contributed by atoms with E-state index in [2.05, 4.69) is 20.5 Å². The van der Waals surface area contributed by atoms with E-state index in [-0.39, 0.29) is 22.4 Å². The van der Waals surface area contributed by atoms with Gasteiger partial charge in [0.2, 0.25) is 11.1 Å². The summed E-state index contributed by atoms with van der Waals surface area (Å²) in [5.41, 5.74) is 2.08. The van der Waals surface area contributed by atoms with E-state index in [1.807, 2.05) is 31.2 Å². The summed E-state index contributed by atoms with van der Waals surface area (Å²) in [6, 6.07) is 11.9. The third-order valence-corrected chi connectivity index (χ3v) is 4.72. The summed E-state index contributed by atoms with van der Waals surface area (Å²) in [5.74, 6) is 0.339. The Balaban J connectivity index is 1.59. The quantitative estimate of drug-likeness (QED) is 0.364. The summed E-state index contributed by atoms with van der Waals surface area (Å²) in [5, 5.41) is 20.8. The molecule has 0 bridgehead atoms. The number of benzene rings is 2. The van der Waals surface area contributed by atoms with Gasteiger partial charge in [-0.1, -0.05) is 53.2 Å². The summed E-state index contributed by atoms with van der Waals surface area (Å²) >= 11 is 6.91. The van der Waals surface area contributed by atoms with Crippen LogP contribution in [0.2, 0.25) is 5.02 Å². The van der Waals surface area contributed by atoms with Gasteiger partial charge < -0.3 is 5.32 Å². The third-order valence-electron chi connectivity index (χ3n) is 3.55. The molecule has 1 amide bonds. The number of H-pyrrole nitrogens is 1. The molecule has 2 aromatic carbocycles. The molecule has 0 fully saturated rings. The minimum Gasteiger partial charge on any atom is -0.325 e. The fourth-order valence-corrected chi connectivity index (χ4v) is 2.99. The molecule has 0 saturated heterocycles. The topological polar surface area (TPSA) is 114 Å². The number of aromatic amines is 1. The van der Waals surface area contributed by atoms with E-state index < -0.39 is 4.92 Å². The minimum absolute atomic E-state index is 0.0109. The Labute approximate surface area is 163 Å². The fraction of sp³-hybridized carbons (Fsp3) is 0.118. The maximum absolute atomic E-state index is 12.1. The molecule has 3 rings (SSSR count). The first kappa shape index (κ1) is 18.9. The summed E-state index contributed by atoms with van der Waals surface area (Å²) in [7, 11) is 0. The first-order chi connectivity index (χ1) is 12.9. The number of anilines is 1. The van der Waals surface area contributed by atoms with Crippen molar-refractivity contribution in [3.63, 3.8) is 0 Å². The molecule has 1 aromatic heterocycles. The van der Waals surface area contributed by atoms with Gasteiger partial charge in [-0.3, -0.25) is 20.0 Å². The molecule has 8 nitrogen and oxygen atoms in total. The Morgan fingerprint density at radius 1 is 1.30 bits per heavy atom. The van der Waals surface area contributed by atoms with Gasteiger partial charge in [0, 0.05) is 17.3 Å². The van der Waals surface area contributed by atoms with Crippen molar-refractivity contribution >= 4 is 40.6 Å². The average Bonchev–Trinajstić information content (AvgIpc) is 3.11. The van der Waals surface area contributed by atoms with E-state index in [0.717, 1.165) is 22.9 Å². The molecular weight excluding hydrogens is 390 g/mol. The summed E-state index contributed by atoms with van der Waals surface area (Å²) in [4.78, 5) is 26.7. The fourth-order valence-electron chi connectivity index (χ4n) is 2.21. The van der Waals surface area contributed by atoms with Gasteiger partial charge in [-0.15, -0.1) is 5.10 Å². The standard InChI is InChI=1S/C17H14ClN5O3S/c1-10-2-4-11(5-3-10)16-20-17(22-21-16)27-9-15(24)19-12-6-7-13(18)14(8-12)23(25)26/h2-8H,9H2,1H3,(H,19,24)(H,20,21,22). The van der Waals surface area contributed by atoms with Crippen LogP contribution in [-0.4, -0.2) is 31.8 Å². The SMILES string of the molecule is Cc1ccc(-c2nc(SCC(=O)Nc3ccc(Cl)c([N+](=O)[O-])c3)n[nH]2)cc1. The highest BCUT2D eigenvalue weighted by molar-refractivity contribution is 7.99. The second kappa shape index (κ2) is 8.19. The zero-order chi connectivity index (χ0) is 19.4. The van der Waals surface area contributed by atoms with Crippen LogP contribution in [0.5, 0.6) is 0 Å². The first-order valence-electron chi connectivity index (χ1n) is 7.78. The van der Waals surface area contributed by atoms with Crippen molar-refractivity contribution in [1.29, 1.82) is 0 Å². The number of amides is 1. The number of thioether (sulfide) groups is 1. The number of hydrogen-bond acceptors (Lipinski definition) is 6. The molecule has 0 aliphatic heterocycles. The second-order valence-electron chi connectivity index (χ2n) is 5.59. The molecular formula is C17H14ClN5O3S. The molecule has 0 aliphatic carbocycles. The number of nitrogens with one attached hydrogen (secondary N) is 2. The van der Waals surface area contributed by atoms with Crippen molar-refractivity contribution in [2.24, 2.45) is 0 Å². The molecule has 27 heavy (non-hydrogen) atoms. The van der Waals surface area contributed by atoms with Crippen molar-refractivity contribution in [3.8, 4) is 11.4 Å². The van der Waals surface area contributed by atoms with Crippen LogP contribution in [0.25, 0.3) is 11.4 Å². The zero-order valence-electron chi connectivity index (χ0n) is 14.1. The minimum atomic E-state index is -0.604. The van der Waals surface area contributed by atoms with Crippen molar-refractivity contribution in [2.45, 2.75) is 12.1 Å². The highest BCUT2D eigenvalue weighted by Gasteiger charge is 2.14. The van der Waals surface area contributed by atoms with E-state index in [9.17, 15) is 14.9 Å². The number of aromatic nitrogens is 3. The van der Waals surface area contributed by atoms with E-state index in [1.54, 1.807) is 0 Å². The van der Waals surface area contributed by atoms with Gasteiger partial charge in [-0.2, -0.15) is 0 Å². The summed E-state index contributed by atoms with van der Waals surface area (Å²) in [6.45, 7) is 2.00. The van der Waals surface area contributed by atoms with Crippen LogP contribution in [0.3, 0.4) is 0 Å². The number of nitro groups is 1. The van der Waals surface area contributed by atoms with Gasteiger partial charge >= 0.3 is 0 Å². The highest BCUT2D eigenvalue weighted by atomic mass is 35.5. The van der Waals surface area contributed by atoms with Crippen molar-refractivity contribution in [1.82, 2.24) is 15.2 Å². The number of hydrogen-bond donors (Lipinski definition) is 2. The monoisotopic (exact) mass is 403 g/mol. The Hall–Kier alpha value is -2.91. The molecule has 138 valence electrons. The molecule has 0 atom stereocenters. The van der Waals surface area contributed by atoms with Crippen LogP contribution in [0, 0.1) is 17.0 Å². The van der Waals surface area contributed by atoms with Crippen LogP contribution in [-0.2, 0) is 4.79 Å². The van der Waals surface area contributed by atoms with Gasteiger partial charge in [0.25, 0.3) is 5.69 Å². The number of carbonyl (C=O) groups is 1. The molecule has 3 aromatic rings. The van der Waals surface area contributed by atoms with Crippen LogP contribution in [0.1, 0.15) is 5.56 Å². The lowest BCUT2D eigenvalue weighted by Gasteiger charge is -2.04. The van der Waals surface area contributed by atoms with Gasteiger partial charge in [0.1, 0.15) is 5.02 Å². The maximum Gasteiger partial charge on any atom is 0.289 e. The smallest absolute Gasteiger partial charge is 0.289 e. The Bertz CT molecular complexity index is 990. The zero-order valence-corrected chi connectivity index (χ0v) is 15.7. The molecule has 0 spiro atoms. The lowest BCUT2D eigenvalue weighted by molar-refractivity contribution is -0.384. The van der Waals surface area contributed by atoms with Crippen LogP contribution < -0.4 is 5.32 Å². The van der Waals surface area contributed by atoms with Crippen LogP contribution in [0.4, 0.5) is 11.4 Å². The number of carbonyl (C=O) groups excluding carboxylic acids is 1. The van der Waals surface area contributed by atoms with Crippen molar-refractivity contribution in [3.05, 3.63) is 63.2 Å². The first-order valence-corrected chi connectivity index (χ1v) is 9.15. The van der Waals surface area contributed by atoms with Crippen molar-refractivity contribution < 1.29 is 9.72 Å². The Morgan fingerprint density at radius 3 is 2.74 bits per heavy atom. The van der Waals surface area contributed by atoms with Crippen molar-refractivity contribution in [2.75, 3.05) is 11.1 Å². The predicted molar refractivity (Wildman–Crippen MR) is 104 cm³/mol. The second-order valence-corrected chi connectivity index (χ2v) is 6.94. The van der Waals surface area contributed by atoms with Gasteiger partial charge in [-0.25, -0.2) is 4.98 Å². The normalized spacial score (nSPS) is 10.6. The molecule has 0 saturated carbocycles. The van der Waals surface area contributed by atoms with Gasteiger partial charge in [-0.05, 0) is 19.1 Å². The average molecular weight is 404 g/mol. The number of rotatable bonds is 6. The Kier molecular flexibility index (Phi) is 5.72. The lowest BCUT2D eigenvalue weighted by atomic mass is 10.1. The largest absolute Gasteiger partial charge is 0.325 e. The van der Waals surface area contributed by atoms with E-state index in [4.69, 9.17) is 11.6 Å². The Morgan fingerprint density at radius 2 is 2.04 bits per heavy atom. The van der Waals surface area contributed by atoms with Crippen LogP contribution >= 0.6 is 23.4 Å². The number of halogens is 1. The molecule has 0 aliphatic rings. The number of nitro benzene ring substituents is 1. The highest BCUT2D eigenvalue weighted by Crippen LogP contribution is 2.27. The predicted octanol–water partition coefficient (Wildman–Crippen LogP) is 4.07. The van der Waals surface area contributed by atoms with Crippen LogP contribution in [0.15, 0.2) is 47.6 Å². The molecule has 0 radical (unpaired) electrons. The molecule has 10 heteroatoms. The lowest BCUT2D eigenvalue weighted by Crippen LogP contribution is -2.14. The number of nitrogens with zero attached hydrogens (tertiary/aromatic N) is 3. The maximum atomic E-state index is 12.1. The van der Waals surface area contributed by atoms with Gasteiger partial charge in [0.05, 0.1) is 10.7 Å².